The first kappa shape index (κ1) is 18.4. The second kappa shape index (κ2) is 7.87. The summed E-state index contributed by atoms with van der Waals surface area (Å²) in [5.41, 5.74) is 1.16. The molecule has 1 saturated heterocycles. The lowest BCUT2D eigenvalue weighted by molar-refractivity contribution is -0.139. The largest absolute Gasteiger partial charge is 0.353 e. The van der Waals surface area contributed by atoms with E-state index in [1.54, 1.807) is 11.9 Å². The third-order valence-electron chi connectivity index (χ3n) is 5.18. The Labute approximate surface area is 155 Å². The number of hydrogen-bond acceptors (Lipinski definition) is 3. The number of fused-ring (bicyclic) bond motifs is 1. The quantitative estimate of drug-likeness (QED) is 0.898. The Morgan fingerprint density at radius 2 is 1.96 bits per heavy atom. The maximum absolute atomic E-state index is 12.5. The summed E-state index contributed by atoms with van der Waals surface area (Å²) in [5, 5.41) is 5.30. The molecule has 0 radical (unpaired) electrons. The molecule has 138 valence electrons. The topological polar surface area (TPSA) is 52.7 Å². The van der Waals surface area contributed by atoms with Gasteiger partial charge in [-0.3, -0.25) is 14.5 Å². The number of rotatable bonds is 5. The Hall–Kier alpha value is -2.40. The van der Waals surface area contributed by atoms with Gasteiger partial charge < -0.3 is 10.2 Å². The maximum atomic E-state index is 12.5. The van der Waals surface area contributed by atoms with Crippen molar-refractivity contribution in [2.24, 2.45) is 0 Å². The molecule has 5 nitrogen and oxygen atoms in total. The molecule has 1 atom stereocenters. The summed E-state index contributed by atoms with van der Waals surface area (Å²) < 4.78 is 0. The highest BCUT2D eigenvalue weighted by Gasteiger charge is 2.32. The zero-order valence-corrected chi connectivity index (χ0v) is 15.7. The number of piperazine rings is 1. The lowest BCUT2D eigenvalue weighted by Crippen LogP contribution is -2.56. The summed E-state index contributed by atoms with van der Waals surface area (Å²) in [6.07, 6.45) is 0.216. The Kier molecular flexibility index (Phi) is 5.57. The number of hydrogen-bond donors (Lipinski definition) is 1. The van der Waals surface area contributed by atoms with Gasteiger partial charge in [0.1, 0.15) is 0 Å². The van der Waals surface area contributed by atoms with Crippen LogP contribution < -0.4 is 5.32 Å². The van der Waals surface area contributed by atoms with E-state index in [0.29, 0.717) is 13.1 Å². The first-order chi connectivity index (χ1) is 12.5. The molecule has 1 N–H and O–H groups in total. The minimum Gasteiger partial charge on any atom is -0.353 e. The molecule has 3 rings (SSSR count). The van der Waals surface area contributed by atoms with Gasteiger partial charge in [0.2, 0.25) is 11.8 Å². The third-order valence-corrected chi connectivity index (χ3v) is 5.18. The van der Waals surface area contributed by atoms with Crippen LogP contribution in [0.5, 0.6) is 0 Å². The van der Waals surface area contributed by atoms with E-state index in [1.807, 2.05) is 26.0 Å². The van der Waals surface area contributed by atoms with E-state index in [2.05, 4.69) is 40.5 Å². The van der Waals surface area contributed by atoms with Crippen molar-refractivity contribution < 1.29 is 9.59 Å². The minimum atomic E-state index is -0.413. The molecule has 2 aromatic carbocycles. The van der Waals surface area contributed by atoms with Gasteiger partial charge in [0, 0.05) is 32.7 Å². The molecular weight excluding hydrogens is 326 g/mol. The van der Waals surface area contributed by atoms with Gasteiger partial charge in [-0.25, -0.2) is 0 Å². The van der Waals surface area contributed by atoms with Crippen LogP contribution in [0.4, 0.5) is 0 Å². The molecule has 1 aliphatic rings. The summed E-state index contributed by atoms with van der Waals surface area (Å²) in [6, 6.07) is 14.4. The van der Waals surface area contributed by atoms with Crippen molar-refractivity contribution in [1.29, 1.82) is 0 Å². The van der Waals surface area contributed by atoms with Crippen molar-refractivity contribution in [3.63, 3.8) is 0 Å². The molecule has 0 aliphatic carbocycles. The van der Waals surface area contributed by atoms with Crippen LogP contribution in [0.25, 0.3) is 10.8 Å². The highest BCUT2D eigenvalue weighted by atomic mass is 16.2. The summed E-state index contributed by atoms with van der Waals surface area (Å²) in [4.78, 5) is 28.7. The molecule has 0 spiro atoms. The van der Waals surface area contributed by atoms with E-state index in [9.17, 15) is 9.59 Å². The van der Waals surface area contributed by atoms with Crippen molar-refractivity contribution in [3.05, 3.63) is 48.0 Å². The van der Waals surface area contributed by atoms with Crippen LogP contribution in [0.15, 0.2) is 42.5 Å². The molecule has 2 aromatic rings. The predicted molar refractivity (Wildman–Crippen MR) is 104 cm³/mol. The zero-order chi connectivity index (χ0) is 18.7. The van der Waals surface area contributed by atoms with Gasteiger partial charge in [-0.05, 0) is 36.2 Å². The summed E-state index contributed by atoms with van der Waals surface area (Å²) in [5.74, 6) is -0.0480. The molecular formula is C21H27N3O2. The summed E-state index contributed by atoms with van der Waals surface area (Å²) >= 11 is 0. The van der Waals surface area contributed by atoms with Gasteiger partial charge in [-0.1, -0.05) is 36.4 Å². The number of nitrogens with one attached hydrogen (secondary N) is 1. The first-order valence-corrected chi connectivity index (χ1v) is 9.21. The third kappa shape index (κ3) is 4.05. The second-order valence-corrected chi connectivity index (χ2v) is 7.26. The molecule has 5 heteroatoms. The highest BCUT2D eigenvalue weighted by molar-refractivity contribution is 5.89. The van der Waals surface area contributed by atoms with Gasteiger partial charge in [-0.2, -0.15) is 0 Å². The van der Waals surface area contributed by atoms with Gasteiger partial charge in [0.15, 0.2) is 0 Å². The van der Waals surface area contributed by atoms with Crippen LogP contribution >= 0.6 is 0 Å². The smallest absolute Gasteiger partial charge is 0.237 e. The van der Waals surface area contributed by atoms with E-state index >= 15 is 0 Å². The van der Waals surface area contributed by atoms with Crippen LogP contribution in [0.2, 0.25) is 0 Å². The maximum Gasteiger partial charge on any atom is 0.237 e. The van der Waals surface area contributed by atoms with E-state index in [4.69, 9.17) is 0 Å². The number of nitrogens with zero attached hydrogens (tertiary/aromatic N) is 2. The van der Waals surface area contributed by atoms with Crippen molar-refractivity contribution in [2.45, 2.75) is 38.9 Å². The second-order valence-electron chi connectivity index (χ2n) is 7.26. The molecule has 1 aliphatic heterocycles. The average Bonchev–Trinajstić information content (AvgIpc) is 2.63. The predicted octanol–water partition coefficient (Wildman–Crippen LogP) is 2.40. The minimum absolute atomic E-state index is 0.00515. The Bertz CT molecular complexity index is 803. The molecule has 1 unspecified atom stereocenters. The lowest BCUT2D eigenvalue weighted by atomic mass is 10.0. The van der Waals surface area contributed by atoms with Gasteiger partial charge in [0.25, 0.3) is 0 Å². The van der Waals surface area contributed by atoms with E-state index < -0.39 is 6.04 Å². The SMILES string of the molecule is CC(C)N(C)C(=O)CC1C(=O)NCCN1Cc1ccc2ccccc2c1. The van der Waals surface area contributed by atoms with Crippen LogP contribution in [0, 0.1) is 0 Å². The average molecular weight is 353 g/mol. The van der Waals surface area contributed by atoms with E-state index in [1.165, 1.54) is 10.8 Å². The number of amides is 2. The number of carbonyl (C=O) groups excluding carboxylic acids is 2. The first-order valence-electron chi connectivity index (χ1n) is 9.21. The molecule has 1 heterocycles. The number of carbonyl (C=O) groups is 2. The fourth-order valence-electron chi connectivity index (χ4n) is 3.34. The number of benzene rings is 2. The summed E-state index contributed by atoms with van der Waals surface area (Å²) in [6.45, 7) is 6.00. The lowest BCUT2D eigenvalue weighted by Gasteiger charge is -2.36. The van der Waals surface area contributed by atoms with Crippen LogP contribution in [0.1, 0.15) is 25.8 Å². The van der Waals surface area contributed by atoms with E-state index in [0.717, 1.165) is 12.1 Å². The van der Waals surface area contributed by atoms with Gasteiger partial charge in [0.05, 0.1) is 12.5 Å². The van der Waals surface area contributed by atoms with Gasteiger partial charge >= 0.3 is 0 Å². The molecule has 1 fully saturated rings. The van der Waals surface area contributed by atoms with Crippen molar-refractivity contribution in [2.75, 3.05) is 20.1 Å². The van der Waals surface area contributed by atoms with Crippen LogP contribution in [-0.2, 0) is 16.1 Å². The zero-order valence-electron chi connectivity index (χ0n) is 15.7. The van der Waals surface area contributed by atoms with Crippen molar-refractivity contribution >= 4 is 22.6 Å². The highest BCUT2D eigenvalue weighted by Crippen LogP contribution is 2.19. The summed E-state index contributed by atoms with van der Waals surface area (Å²) in [7, 11) is 1.79. The normalized spacial score (nSPS) is 18.2. The van der Waals surface area contributed by atoms with Gasteiger partial charge in [-0.15, -0.1) is 0 Å². The molecule has 2 amide bonds. The Morgan fingerprint density at radius 1 is 1.23 bits per heavy atom. The van der Waals surface area contributed by atoms with Crippen molar-refractivity contribution in [1.82, 2.24) is 15.1 Å². The fraction of sp³-hybridized carbons (Fsp3) is 0.429. The van der Waals surface area contributed by atoms with Crippen LogP contribution in [0.3, 0.4) is 0 Å². The van der Waals surface area contributed by atoms with E-state index in [-0.39, 0.29) is 24.3 Å². The standard InChI is InChI=1S/C21H27N3O2/c1-15(2)23(3)20(25)13-19-21(26)22-10-11-24(19)14-16-8-9-17-6-4-5-7-18(17)12-16/h4-9,12,15,19H,10-11,13-14H2,1-3H3,(H,22,26). The monoisotopic (exact) mass is 353 g/mol. The fourth-order valence-corrected chi connectivity index (χ4v) is 3.34. The Morgan fingerprint density at radius 3 is 2.69 bits per heavy atom. The molecule has 26 heavy (non-hydrogen) atoms. The van der Waals surface area contributed by atoms with Crippen molar-refractivity contribution in [3.8, 4) is 0 Å². The molecule has 0 aromatic heterocycles. The molecule has 0 bridgehead atoms. The molecule has 0 saturated carbocycles. The Balaban J connectivity index is 1.76. The van der Waals surface area contributed by atoms with Crippen LogP contribution in [-0.4, -0.2) is 53.8 Å².